The van der Waals surface area contributed by atoms with Crippen molar-refractivity contribution in [3.8, 4) is 0 Å². The van der Waals surface area contributed by atoms with Crippen molar-refractivity contribution in [1.29, 1.82) is 0 Å². The van der Waals surface area contributed by atoms with Gasteiger partial charge < -0.3 is 9.64 Å². The second kappa shape index (κ2) is 7.93. The highest BCUT2D eigenvalue weighted by Crippen LogP contribution is 2.20. The highest BCUT2D eigenvalue weighted by Gasteiger charge is 2.23. The van der Waals surface area contributed by atoms with Crippen molar-refractivity contribution >= 4 is 23.5 Å². The molecule has 1 rings (SSSR count). The Hall–Kier alpha value is -1.69. The summed E-state index contributed by atoms with van der Waals surface area (Å²) in [4.78, 5) is 24.8. The van der Waals surface area contributed by atoms with E-state index in [1.54, 1.807) is 13.8 Å². The van der Waals surface area contributed by atoms with Crippen molar-refractivity contribution in [2.45, 2.75) is 20.3 Å². The Morgan fingerprint density at radius 3 is 2.48 bits per heavy atom. The van der Waals surface area contributed by atoms with Crippen molar-refractivity contribution < 1.29 is 23.1 Å². The van der Waals surface area contributed by atoms with Crippen LogP contribution in [0.15, 0.2) is 12.1 Å². The summed E-state index contributed by atoms with van der Waals surface area (Å²) in [7, 11) is 0. The van der Waals surface area contributed by atoms with Gasteiger partial charge in [0.25, 0.3) is 5.91 Å². The number of hydrogen-bond donors (Lipinski definition) is 0. The van der Waals surface area contributed by atoms with E-state index in [9.17, 15) is 18.4 Å². The van der Waals surface area contributed by atoms with Crippen LogP contribution in [0.2, 0.25) is 5.02 Å². The maximum Gasteiger partial charge on any atom is 0.325 e. The van der Waals surface area contributed by atoms with E-state index in [2.05, 4.69) is 0 Å². The van der Waals surface area contributed by atoms with Gasteiger partial charge in [-0.3, -0.25) is 9.59 Å². The third-order valence-electron chi connectivity index (χ3n) is 2.65. The number of halogens is 3. The average Bonchev–Trinajstić information content (AvgIpc) is 2.42. The molecular formula is C14H16ClF2NO3. The number of nitrogens with zero attached hydrogens (tertiary/aromatic N) is 1. The molecule has 0 atom stereocenters. The Balaban J connectivity index is 3.00. The molecule has 0 bridgehead atoms. The highest BCUT2D eigenvalue weighted by atomic mass is 35.5. The predicted octanol–water partition coefficient (Wildman–Crippen LogP) is 3.03. The predicted molar refractivity (Wildman–Crippen MR) is 74.2 cm³/mol. The van der Waals surface area contributed by atoms with E-state index in [0.29, 0.717) is 6.42 Å². The highest BCUT2D eigenvalue weighted by molar-refractivity contribution is 6.30. The molecule has 0 saturated heterocycles. The van der Waals surface area contributed by atoms with Crippen molar-refractivity contribution in [3.05, 3.63) is 34.4 Å². The molecule has 0 fully saturated rings. The number of carbonyl (C=O) groups is 2. The minimum absolute atomic E-state index is 0.178. The van der Waals surface area contributed by atoms with Gasteiger partial charge >= 0.3 is 5.97 Å². The number of esters is 1. The fourth-order valence-electron chi connectivity index (χ4n) is 1.74. The Kier molecular flexibility index (Phi) is 6.55. The zero-order valence-corrected chi connectivity index (χ0v) is 12.5. The maximum absolute atomic E-state index is 13.8. The van der Waals surface area contributed by atoms with E-state index in [1.807, 2.05) is 0 Å². The molecule has 0 aliphatic rings. The second-order valence-electron chi connectivity index (χ2n) is 4.28. The molecular weight excluding hydrogens is 304 g/mol. The first kappa shape index (κ1) is 17.4. The van der Waals surface area contributed by atoms with E-state index in [4.69, 9.17) is 16.3 Å². The van der Waals surface area contributed by atoms with Gasteiger partial charge in [-0.25, -0.2) is 8.78 Å². The van der Waals surface area contributed by atoms with E-state index < -0.39 is 34.1 Å². The summed E-state index contributed by atoms with van der Waals surface area (Å²) < 4.78 is 31.9. The summed E-state index contributed by atoms with van der Waals surface area (Å²) in [6.07, 6.45) is 0.558. The number of ether oxygens (including phenoxy) is 1. The Labute approximate surface area is 126 Å². The molecule has 21 heavy (non-hydrogen) atoms. The largest absolute Gasteiger partial charge is 0.465 e. The summed E-state index contributed by atoms with van der Waals surface area (Å²) in [6, 6.07) is 1.46. The summed E-state index contributed by atoms with van der Waals surface area (Å²) in [5.74, 6) is -3.21. The van der Waals surface area contributed by atoms with Gasteiger partial charge in [-0.1, -0.05) is 18.5 Å². The molecule has 0 heterocycles. The molecule has 0 radical (unpaired) electrons. The molecule has 0 aliphatic carbocycles. The number of benzene rings is 1. The Bertz CT molecular complexity index is 537. The van der Waals surface area contributed by atoms with E-state index >= 15 is 0 Å². The van der Waals surface area contributed by atoms with Crippen LogP contribution in [-0.4, -0.2) is 36.5 Å². The van der Waals surface area contributed by atoms with Crippen LogP contribution >= 0.6 is 11.6 Å². The van der Waals surface area contributed by atoms with Crippen LogP contribution in [0.25, 0.3) is 0 Å². The van der Waals surface area contributed by atoms with Crippen molar-refractivity contribution in [1.82, 2.24) is 4.90 Å². The lowest BCUT2D eigenvalue weighted by atomic mass is 10.1. The first-order valence-electron chi connectivity index (χ1n) is 6.50. The van der Waals surface area contributed by atoms with E-state index in [0.717, 1.165) is 17.0 Å². The third-order valence-corrected chi connectivity index (χ3v) is 2.94. The smallest absolute Gasteiger partial charge is 0.325 e. The number of rotatable bonds is 6. The van der Waals surface area contributed by atoms with Gasteiger partial charge in [0.2, 0.25) is 0 Å². The normalized spacial score (nSPS) is 10.3. The maximum atomic E-state index is 13.8. The lowest BCUT2D eigenvalue weighted by Crippen LogP contribution is -2.37. The molecule has 1 amide bonds. The van der Waals surface area contributed by atoms with Gasteiger partial charge in [-0.2, -0.15) is 0 Å². The van der Waals surface area contributed by atoms with Crippen LogP contribution in [0.1, 0.15) is 30.6 Å². The van der Waals surface area contributed by atoms with Gasteiger partial charge in [0.05, 0.1) is 17.2 Å². The number of carbonyl (C=O) groups excluding carboxylic acids is 2. The lowest BCUT2D eigenvalue weighted by Gasteiger charge is -2.21. The van der Waals surface area contributed by atoms with Gasteiger partial charge in [-0.15, -0.1) is 0 Å². The number of hydrogen-bond acceptors (Lipinski definition) is 3. The molecule has 1 aromatic rings. The Morgan fingerprint density at radius 1 is 1.24 bits per heavy atom. The minimum atomic E-state index is -0.934. The monoisotopic (exact) mass is 319 g/mol. The molecule has 0 saturated carbocycles. The lowest BCUT2D eigenvalue weighted by molar-refractivity contribution is -0.143. The molecule has 0 aliphatic heterocycles. The summed E-state index contributed by atoms with van der Waals surface area (Å²) in [6.45, 7) is 3.52. The molecule has 1 aromatic carbocycles. The van der Waals surface area contributed by atoms with Gasteiger partial charge in [0.1, 0.15) is 18.2 Å². The average molecular weight is 320 g/mol. The number of amides is 1. The minimum Gasteiger partial charge on any atom is -0.465 e. The first-order valence-corrected chi connectivity index (χ1v) is 6.87. The van der Waals surface area contributed by atoms with Crippen LogP contribution in [0.5, 0.6) is 0 Å². The summed E-state index contributed by atoms with van der Waals surface area (Å²) in [5.41, 5.74) is -0.463. The molecule has 0 N–H and O–H groups in total. The quantitative estimate of drug-likeness (QED) is 0.598. The van der Waals surface area contributed by atoms with Crippen LogP contribution in [0.4, 0.5) is 8.78 Å². The van der Waals surface area contributed by atoms with Crippen molar-refractivity contribution in [3.63, 3.8) is 0 Å². The standard InChI is InChI=1S/C14H16ClF2NO3/c1-3-5-18(8-13(19)21-4-2)14(20)9-6-12(17)10(15)7-11(9)16/h6-7H,3-5,8H2,1-2H3. The molecule has 0 aromatic heterocycles. The second-order valence-corrected chi connectivity index (χ2v) is 4.69. The van der Waals surface area contributed by atoms with Crippen LogP contribution in [0.3, 0.4) is 0 Å². The molecule has 0 spiro atoms. The summed E-state index contributed by atoms with van der Waals surface area (Å²) >= 11 is 5.44. The summed E-state index contributed by atoms with van der Waals surface area (Å²) in [5, 5.41) is -0.406. The Morgan fingerprint density at radius 2 is 1.90 bits per heavy atom. The first-order chi connectivity index (χ1) is 9.90. The third kappa shape index (κ3) is 4.67. The fraction of sp³-hybridized carbons (Fsp3) is 0.429. The van der Waals surface area contributed by atoms with Gasteiger partial charge in [0.15, 0.2) is 0 Å². The zero-order chi connectivity index (χ0) is 16.0. The molecule has 4 nitrogen and oxygen atoms in total. The SMILES string of the molecule is CCCN(CC(=O)OCC)C(=O)c1cc(F)c(Cl)cc1F. The zero-order valence-electron chi connectivity index (χ0n) is 11.8. The molecule has 116 valence electrons. The van der Waals surface area contributed by atoms with Crippen LogP contribution in [-0.2, 0) is 9.53 Å². The van der Waals surface area contributed by atoms with Crippen LogP contribution in [0, 0.1) is 11.6 Å². The topological polar surface area (TPSA) is 46.6 Å². The van der Waals surface area contributed by atoms with Gasteiger partial charge in [-0.05, 0) is 25.5 Å². The molecule has 7 heteroatoms. The van der Waals surface area contributed by atoms with Crippen molar-refractivity contribution in [2.24, 2.45) is 0 Å². The van der Waals surface area contributed by atoms with Gasteiger partial charge in [0, 0.05) is 6.54 Å². The fourth-order valence-corrected chi connectivity index (χ4v) is 1.89. The van der Waals surface area contributed by atoms with Crippen LogP contribution < -0.4 is 0 Å². The van der Waals surface area contributed by atoms with E-state index in [1.165, 1.54) is 0 Å². The molecule has 0 unspecified atom stereocenters. The van der Waals surface area contributed by atoms with E-state index in [-0.39, 0.29) is 19.7 Å². The van der Waals surface area contributed by atoms with Crippen molar-refractivity contribution in [2.75, 3.05) is 19.7 Å².